The number of primary amides is 1. The Morgan fingerprint density at radius 3 is 2.37 bits per heavy atom. The lowest BCUT2D eigenvalue weighted by Gasteiger charge is -2.53. The van der Waals surface area contributed by atoms with Gasteiger partial charge in [0.05, 0.1) is 23.3 Å². The first-order chi connectivity index (χ1) is 17.5. The van der Waals surface area contributed by atoms with Crippen LogP contribution in [0.15, 0.2) is 35.1 Å². The van der Waals surface area contributed by atoms with Crippen molar-refractivity contribution >= 4 is 17.5 Å². The monoisotopic (exact) mass is 527 g/mol. The maximum Gasteiger partial charge on any atom is 0.252 e. The van der Waals surface area contributed by atoms with Gasteiger partial charge in [0.25, 0.3) is 5.91 Å². The Morgan fingerprint density at radius 2 is 1.82 bits per heavy atom. The van der Waals surface area contributed by atoms with Crippen molar-refractivity contribution in [3.63, 3.8) is 0 Å². The molecule has 0 saturated heterocycles. The van der Waals surface area contributed by atoms with Gasteiger partial charge in [0, 0.05) is 36.1 Å². The zero-order valence-corrected chi connectivity index (χ0v) is 22.6. The van der Waals surface area contributed by atoms with Crippen LogP contribution < -0.4 is 11.1 Å². The van der Waals surface area contributed by atoms with Crippen molar-refractivity contribution in [2.24, 2.45) is 23.0 Å². The normalized spacial score (nSPS) is 31.1. The number of nitrogens with one attached hydrogen (secondary N) is 1. The van der Waals surface area contributed by atoms with Gasteiger partial charge in [0.1, 0.15) is 17.1 Å². The molecule has 0 saturated carbocycles. The number of carbonyl (C=O) groups excluding carboxylic acids is 3. The Hall–Kier alpha value is -3.05. The van der Waals surface area contributed by atoms with Crippen LogP contribution >= 0.6 is 0 Å². The van der Waals surface area contributed by atoms with Gasteiger partial charge in [-0.2, -0.15) is 0 Å². The van der Waals surface area contributed by atoms with Gasteiger partial charge in [-0.25, -0.2) is 0 Å². The van der Waals surface area contributed by atoms with Crippen LogP contribution in [0.25, 0.3) is 0 Å². The highest BCUT2D eigenvalue weighted by molar-refractivity contribution is 6.22. The molecule has 10 heteroatoms. The highest BCUT2D eigenvalue weighted by Gasteiger charge is 2.63. The first-order valence-corrected chi connectivity index (χ1v) is 12.7. The highest BCUT2D eigenvalue weighted by atomic mass is 16.3. The van der Waals surface area contributed by atoms with Crippen molar-refractivity contribution in [1.82, 2.24) is 10.2 Å². The molecule has 0 heterocycles. The molecule has 3 aliphatic carbocycles. The van der Waals surface area contributed by atoms with Gasteiger partial charge in [-0.1, -0.05) is 39.8 Å². The third kappa shape index (κ3) is 4.16. The lowest BCUT2D eigenvalue weighted by atomic mass is 9.56. The minimum absolute atomic E-state index is 0.00485. The van der Waals surface area contributed by atoms with E-state index < -0.39 is 64.3 Å². The molecule has 0 fully saturated rings. The number of phenolic OH excluding ortho intramolecular Hbond substituents is 1. The summed E-state index contributed by atoms with van der Waals surface area (Å²) in [5, 5.41) is 49.2. The molecule has 7 N–H and O–H groups in total. The van der Waals surface area contributed by atoms with Gasteiger partial charge >= 0.3 is 0 Å². The number of aromatic hydroxyl groups is 1. The first-order valence-electron chi connectivity index (χ1n) is 12.7. The summed E-state index contributed by atoms with van der Waals surface area (Å²) in [7, 11) is 3.10. The van der Waals surface area contributed by atoms with Crippen molar-refractivity contribution in [3.05, 3.63) is 51.8 Å². The Balaban J connectivity index is 1.88. The molecule has 1 aromatic rings. The van der Waals surface area contributed by atoms with Crippen LogP contribution in [-0.2, 0) is 16.1 Å². The molecular weight excluding hydrogens is 490 g/mol. The number of benzene rings is 1. The second-order valence-electron chi connectivity index (χ2n) is 12.1. The first kappa shape index (κ1) is 28.0. The number of hydrogen-bond donors (Lipinski definition) is 6. The van der Waals surface area contributed by atoms with Crippen LogP contribution in [-0.4, -0.2) is 81.2 Å². The molecule has 0 bridgehead atoms. The van der Waals surface area contributed by atoms with Gasteiger partial charge in [-0.05, 0) is 37.1 Å². The van der Waals surface area contributed by atoms with Crippen LogP contribution in [0.1, 0.15) is 55.1 Å². The molecule has 0 aromatic heterocycles. The highest BCUT2D eigenvalue weighted by Crippen LogP contribution is 2.54. The molecule has 38 heavy (non-hydrogen) atoms. The van der Waals surface area contributed by atoms with Gasteiger partial charge in [0.2, 0.25) is 0 Å². The quantitative estimate of drug-likeness (QED) is 0.304. The maximum atomic E-state index is 13.9. The molecule has 6 atom stereocenters. The van der Waals surface area contributed by atoms with Crippen molar-refractivity contribution in [3.8, 4) is 5.75 Å². The number of likely N-dealkylation sites (N-methyl/N-ethyl adjacent to an activating group) is 1. The summed E-state index contributed by atoms with van der Waals surface area (Å²) in [4.78, 5) is 40.5. The van der Waals surface area contributed by atoms with Crippen LogP contribution in [0.3, 0.4) is 0 Å². The minimum atomic E-state index is -2.41. The number of aliphatic hydroxyl groups is 3. The molecule has 3 aliphatic rings. The number of hydrogen-bond acceptors (Lipinski definition) is 9. The summed E-state index contributed by atoms with van der Waals surface area (Å²) < 4.78 is 0. The number of fused-ring (bicyclic) bond motifs is 3. The molecule has 206 valence electrons. The van der Waals surface area contributed by atoms with Crippen LogP contribution in [0.5, 0.6) is 5.75 Å². The topological polar surface area (TPSA) is 173 Å². The number of rotatable bonds is 5. The Bertz CT molecular complexity index is 1280. The molecular formula is C28H37N3O7. The van der Waals surface area contributed by atoms with E-state index in [1.807, 2.05) is 0 Å². The second-order valence-corrected chi connectivity index (χ2v) is 12.1. The number of aliphatic hydroxyl groups excluding tert-OH is 2. The average Bonchev–Trinajstić information content (AvgIpc) is 2.80. The molecule has 1 amide bonds. The van der Waals surface area contributed by atoms with Crippen molar-refractivity contribution in [1.29, 1.82) is 0 Å². The Kier molecular flexibility index (Phi) is 6.85. The summed E-state index contributed by atoms with van der Waals surface area (Å²) in [6, 6.07) is 2.26. The summed E-state index contributed by atoms with van der Waals surface area (Å²) in [5.41, 5.74) is 3.21. The molecule has 1 aromatic carbocycles. The lowest BCUT2D eigenvalue weighted by molar-refractivity contribution is -0.142. The van der Waals surface area contributed by atoms with Crippen molar-refractivity contribution in [2.75, 3.05) is 20.6 Å². The summed E-state index contributed by atoms with van der Waals surface area (Å²) in [6.45, 7) is 8.93. The second kappa shape index (κ2) is 9.30. The van der Waals surface area contributed by atoms with E-state index in [0.29, 0.717) is 24.2 Å². The zero-order valence-electron chi connectivity index (χ0n) is 22.6. The summed E-state index contributed by atoms with van der Waals surface area (Å²) in [5.74, 6) is -6.31. The number of carbonyl (C=O) groups is 3. The van der Waals surface area contributed by atoms with E-state index in [9.17, 15) is 34.8 Å². The number of amides is 1. The predicted molar refractivity (Wildman–Crippen MR) is 139 cm³/mol. The van der Waals surface area contributed by atoms with E-state index in [4.69, 9.17) is 5.73 Å². The van der Waals surface area contributed by atoms with Crippen molar-refractivity contribution < 1.29 is 34.8 Å². The molecule has 10 nitrogen and oxygen atoms in total. The molecule has 0 unspecified atom stereocenters. The largest absolute Gasteiger partial charge is 0.508 e. The zero-order chi connectivity index (χ0) is 28.5. The van der Waals surface area contributed by atoms with Crippen LogP contribution in [0.2, 0.25) is 0 Å². The minimum Gasteiger partial charge on any atom is -0.508 e. The lowest BCUT2D eigenvalue weighted by Crippen LogP contribution is -2.66. The van der Waals surface area contributed by atoms with E-state index in [-0.39, 0.29) is 22.3 Å². The predicted octanol–water partition coefficient (Wildman–Crippen LogP) is 0.902. The van der Waals surface area contributed by atoms with E-state index >= 15 is 0 Å². The van der Waals surface area contributed by atoms with E-state index in [0.717, 1.165) is 6.08 Å². The number of nitrogens with two attached hydrogens (primary N) is 1. The fraction of sp³-hybridized carbons (Fsp3) is 0.536. The molecule has 0 aliphatic heterocycles. The fourth-order valence-electron chi connectivity index (χ4n) is 6.26. The third-order valence-corrected chi connectivity index (χ3v) is 8.04. The standard InChI is InChI=1S/C28H37N3O7/c1-12-14-8-7-13(10-30-11-27(2,3)4)21(32)17(14)23(34)18-16(12)24(35)19-20(31(5)6)22(33)15(26(29)37)9-28(19,38)25(18)36/h7-9,12,16,19-20,24,30,32,35-36,38H,10-11H2,1-6H3,(H2,29,37)/t12-,16+,19+,20-,24-,28-/m0/s1. The summed E-state index contributed by atoms with van der Waals surface area (Å²) >= 11 is 0. The molecule has 0 radical (unpaired) electrons. The van der Waals surface area contributed by atoms with Gasteiger partial charge in [0.15, 0.2) is 11.6 Å². The summed E-state index contributed by atoms with van der Waals surface area (Å²) in [6.07, 6.45) is -0.597. The SMILES string of the molecule is C[C@H]1c2ccc(CNCC(C)(C)C)c(O)c2C(=O)C2=C(O)[C@]3(O)C=C(C(N)=O)C(=O)[C@@H](N(C)C)[C@@H]3[C@@H](O)[C@@H]21. The van der Waals surface area contributed by atoms with Crippen molar-refractivity contribution in [2.45, 2.75) is 57.9 Å². The third-order valence-electron chi connectivity index (χ3n) is 8.04. The molecule has 0 spiro atoms. The number of Topliss-reactive ketones (excluding diaryl/α,β-unsaturated/α-hetero) is 2. The van der Waals surface area contributed by atoms with Gasteiger partial charge < -0.3 is 31.5 Å². The van der Waals surface area contributed by atoms with Crippen LogP contribution in [0, 0.1) is 17.3 Å². The Morgan fingerprint density at radius 1 is 1.18 bits per heavy atom. The number of ketones is 2. The van der Waals surface area contributed by atoms with E-state index in [2.05, 4.69) is 26.1 Å². The average molecular weight is 528 g/mol. The maximum absolute atomic E-state index is 13.9. The number of phenols is 1. The van der Waals surface area contributed by atoms with E-state index in [1.165, 1.54) is 4.90 Å². The Labute approximate surface area is 221 Å². The smallest absolute Gasteiger partial charge is 0.252 e. The fourth-order valence-corrected chi connectivity index (χ4v) is 6.26. The van der Waals surface area contributed by atoms with Crippen LogP contribution in [0.4, 0.5) is 0 Å². The van der Waals surface area contributed by atoms with Gasteiger partial charge in [-0.3, -0.25) is 19.3 Å². The van der Waals surface area contributed by atoms with Gasteiger partial charge in [-0.15, -0.1) is 0 Å². The van der Waals surface area contributed by atoms with E-state index in [1.54, 1.807) is 33.2 Å². The molecule has 4 rings (SSSR count). The number of nitrogens with zero attached hydrogens (tertiary/aromatic N) is 1.